The molecule has 0 spiro atoms. The number of carbonyl (C=O) groups is 1. The van der Waals surface area contributed by atoms with Gasteiger partial charge in [0.05, 0.1) is 12.1 Å². The van der Waals surface area contributed by atoms with Gasteiger partial charge in [-0.05, 0) is 54.1 Å². The van der Waals surface area contributed by atoms with Crippen molar-refractivity contribution in [2.24, 2.45) is 0 Å². The van der Waals surface area contributed by atoms with Crippen molar-refractivity contribution in [2.75, 3.05) is 6.54 Å². The number of carbonyl (C=O) groups excluding carboxylic acids is 1. The molecule has 4 aromatic rings. The number of amides is 1. The van der Waals surface area contributed by atoms with Gasteiger partial charge in [0, 0.05) is 41.0 Å². The highest BCUT2D eigenvalue weighted by Gasteiger charge is 2.32. The summed E-state index contributed by atoms with van der Waals surface area (Å²) < 4.78 is 43.5. The Bertz CT molecular complexity index is 1320. The van der Waals surface area contributed by atoms with Crippen LogP contribution in [0.25, 0.3) is 10.9 Å². The van der Waals surface area contributed by atoms with Gasteiger partial charge in [0.1, 0.15) is 5.75 Å². The monoisotopic (exact) mass is 484 g/mol. The van der Waals surface area contributed by atoms with Gasteiger partial charge in [0.15, 0.2) is 0 Å². The van der Waals surface area contributed by atoms with Gasteiger partial charge in [-0.1, -0.05) is 30.3 Å². The number of benzene rings is 2. The molecular weight excluding hydrogens is 461 g/mol. The number of nitrogens with zero attached hydrogens (tertiary/aromatic N) is 2. The summed E-state index contributed by atoms with van der Waals surface area (Å²) in [7, 11) is 0. The van der Waals surface area contributed by atoms with Crippen LogP contribution >= 0.6 is 11.3 Å². The first-order valence-electron chi connectivity index (χ1n) is 11.1. The Morgan fingerprint density at radius 2 is 1.88 bits per heavy atom. The fraction of sp³-hybridized carbons (Fsp3) is 0.269. The van der Waals surface area contributed by atoms with Crippen LogP contribution in [0.5, 0.6) is 5.75 Å². The minimum atomic E-state index is -4.71. The summed E-state index contributed by atoms with van der Waals surface area (Å²) in [5.74, 6) is -0.172. The zero-order valence-electron chi connectivity index (χ0n) is 18.5. The summed E-state index contributed by atoms with van der Waals surface area (Å²) >= 11 is 1.63. The molecule has 4 nitrogen and oxygen atoms in total. The Labute approximate surface area is 199 Å². The Morgan fingerprint density at radius 3 is 2.62 bits per heavy atom. The van der Waals surface area contributed by atoms with E-state index >= 15 is 0 Å². The van der Waals surface area contributed by atoms with Crippen molar-refractivity contribution in [3.05, 3.63) is 87.7 Å². The summed E-state index contributed by atoms with van der Waals surface area (Å²) in [6.07, 6.45) is -2.15. The zero-order chi connectivity index (χ0) is 23.9. The fourth-order valence-electron chi connectivity index (χ4n) is 4.74. The third-order valence-electron chi connectivity index (χ3n) is 6.28. The molecule has 1 aliphatic heterocycles. The maximum Gasteiger partial charge on any atom is 0.573 e. The first-order chi connectivity index (χ1) is 16.3. The average molecular weight is 485 g/mol. The second kappa shape index (κ2) is 8.83. The minimum absolute atomic E-state index is 0.00127. The van der Waals surface area contributed by atoms with Crippen LogP contribution in [-0.2, 0) is 19.5 Å². The van der Waals surface area contributed by atoms with Crippen LogP contribution in [-0.4, -0.2) is 28.3 Å². The molecule has 0 aliphatic carbocycles. The average Bonchev–Trinajstić information content (AvgIpc) is 3.43. The molecule has 1 amide bonds. The van der Waals surface area contributed by atoms with Gasteiger partial charge in [-0.25, -0.2) is 0 Å². The van der Waals surface area contributed by atoms with Gasteiger partial charge in [-0.3, -0.25) is 4.79 Å². The van der Waals surface area contributed by atoms with Gasteiger partial charge in [0.25, 0.3) is 5.91 Å². The molecule has 1 atom stereocenters. The quantitative estimate of drug-likeness (QED) is 0.320. The Morgan fingerprint density at radius 1 is 1.12 bits per heavy atom. The van der Waals surface area contributed by atoms with Gasteiger partial charge in [0.2, 0.25) is 0 Å². The van der Waals surface area contributed by atoms with Gasteiger partial charge in [-0.2, -0.15) is 0 Å². The molecule has 0 radical (unpaired) electrons. The maximum absolute atomic E-state index is 13.6. The van der Waals surface area contributed by atoms with Crippen LogP contribution in [0.2, 0.25) is 0 Å². The standard InChI is InChI=1S/C26H23F3N2O2S/c1-2-30-15-22(21-5-3-4-6-23(21)30)25(32)31-14-18(20-11-12-34-24(20)16-31)13-17-7-9-19(10-8-17)33-26(27,28)29/h3-12,15,18H,2,13-14,16H2,1H3. The van der Waals surface area contributed by atoms with E-state index in [1.807, 2.05) is 40.7 Å². The number of thiophene rings is 1. The van der Waals surface area contributed by atoms with E-state index in [2.05, 4.69) is 22.3 Å². The highest BCUT2D eigenvalue weighted by atomic mass is 32.1. The molecule has 0 saturated carbocycles. The molecule has 1 unspecified atom stereocenters. The summed E-state index contributed by atoms with van der Waals surface area (Å²) in [4.78, 5) is 16.7. The largest absolute Gasteiger partial charge is 0.573 e. The van der Waals surface area contributed by atoms with Crippen LogP contribution in [0.3, 0.4) is 0 Å². The lowest BCUT2D eigenvalue weighted by molar-refractivity contribution is -0.274. The van der Waals surface area contributed by atoms with Crippen molar-refractivity contribution >= 4 is 28.1 Å². The molecule has 2 aromatic carbocycles. The Kier molecular flexibility index (Phi) is 5.85. The van der Waals surface area contributed by atoms with Crippen LogP contribution in [0.1, 0.15) is 39.2 Å². The second-order valence-corrected chi connectivity index (χ2v) is 9.42. The number of aromatic nitrogens is 1. The van der Waals surface area contributed by atoms with E-state index < -0.39 is 6.36 Å². The summed E-state index contributed by atoms with van der Waals surface area (Å²) in [6.45, 7) is 3.95. The summed E-state index contributed by atoms with van der Waals surface area (Å²) in [6, 6.07) is 16.0. The van der Waals surface area contributed by atoms with E-state index in [4.69, 9.17) is 0 Å². The number of fused-ring (bicyclic) bond motifs is 2. The minimum Gasteiger partial charge on any atom is -0.406 e. The van der Waals surface area contributed by atoms with Crippen LogP contribution < -0.4 is 4.74 Å². The summed E-state index contributed by atoms with van der Waals surface area (Å²) in [5, 5.41) is 2.98. The number of alkyl halides is 3. The molecule has 0 fully saturated rings. The van der Waals surface area contributed by atoms with Crippen molar-refractivity contribution in [1.82, 2.24) is 9.47 Å². The van der Waals surface area contributed by atoms with Crippen molar-refractivity contribution in [3.8, 4) is 5.75 Å². The van der Waals surface area contributed by atoms with Gasteiger partial charge < -0.3 is 14.2 Å². The highest BCUT2D eigenvalue weighted by Crippen LogP contribution is 2.36. The molecule has 5 rings (SSSR count). The molecule has 0 N–H and O–H groups in total. The van der Waals surface area contributed by atoms with Crippen molar-refractivity contribution in [3.63, 3.8) is 0 Å². The van der Waals surface area contributed by atoms with Gasteiger partial charge >= 0.3 is 6.36 Å². The van der Waals surface area contributed by atoms with E-state index in [9.17, 15) is 18.0 Å². The van der Waals surface area contributed by atoms with Crippen LogP contribution in [0.4, 0.5) is 13.2 Å². The lowest BCUT2D eigenvalue weighted by Gasteiger charge is -2.33. The zero-order valence-corrected chi connectivity index (χ0v) is 19.3. The van der Waals surface area contributed by atoms with E-state index in [1.165, 1.54) is 17.7 Å². The number of ether oxygens (including phenoxy) is 1. The molecule has 0 bridgehead atoms. The second-order valence-electron chi connectivity index (χ2n) is 8.42. The first-order valence-corrected chi connectivity index (χ1v) is 12.0. The lowest BCUT2D eigenvalue weighted by Crippen LogP contribution is -2.38. The molecule has 34 heavy (non-hydrogen) atoms. The molecule has 8 heteroatoms. The topological polar surface area (TPSA) is 34.5 Å². The van der Waals surface area contributed by atoms with Crippen molar-refractivity contribution in [2.45, 2.75) is 38.7 Å². The predicted molar refractivity (Wildman–Crippen MR) is 126 cm³/mol. The number of rotatable bonds is 5. The number of para-hydroxylation sites is 1. The number of hydrogen-bond donors (Lipinski definition) is 0. The first kappa shape index (κ1) is 22.5. The molecule has 3 heterocycles. The fourth-order valence-corrected chi connectivity index (χ4v) is 5.72. The number of hydrogen-bond acceptors (Lipinski definition) is 3. The smallest absolute Gasteiger partial charge is 0.406 e. The molecule has 2 aromatic heterocycles. The van der Waals surface area contributed by atoms with Gasteiger partial charge in [-0.15, -0.1) is 24.5 Å². The number of halogens is 3. The lowest BCUT2D eigenvalue weighted by atomic mass is 9.89. The van der Waals surface area contributed by atoms with E-state index in [0.29, 0.717) is 25.1 Å². The van der Waals surface area contributed by atoms with Crippen molar-refractivity contribution in [1.29, 1.82) is 0 Å². The Hall–Kier alpha value is -3.26. The van der Waals surface area contributed by atoms with E-state index in [-0.39, 0.29) is 17.6 Å². The third-order valence-corrected chi connectivity index (χ3v) is 7.20. The molecular formula is C26H23F3N2O2S. The van der Waals surface area contributed by atoms with Crippen LogP contribution in [0.15, 0.2) is 66.2 Å². The molecule has 0 saturated heterocycles. The highest BCUT2D eigenvalue weighted by molar-refractivity contribution is 7.10. The number of aryl methyl sites for hydroxylation is 1. The SMILES string of the molecule is CCn1cc(C(=O)N2Cc3sccc3C(Cc3ccc(OC(F)(F)F)cc3)C2)c2ccccc21. The normalized spacial score (nSPS) is 16.0. The van der Waals surface area contributed by atoms with E-state index in [1.54, 1.807) is 23.5 Å². The predicted octanol–water partition coefficient (Wildman–Crippen LogP) is 6.60. The van der Waals surface area contributed by atoms with E-state index in [0.717, 1.165) is 27.9 Å². The molecule has 176 valence electrons. The third kappa shape index (κ3) is 4.42. The van der Waals surface area contributed by atoms with Crippen LogP contribution in [0, 0.1) is 0 Å². The molecule has 1 aliphatic rings. The summed E-state index contributed by atoms with van der Waals surface area (Å²) in [5.41, 5.74) is 3.85. The Balaban J connectivity index is 1.39. The maximum atomic E-state index is 13.6. The van der Waals surface area contributed by atoms with Crippen molar-refractivity contribution < 1.29 is 22.7 Å².